The molecule has 11 N–H and O–H groups in total. The largest absolute Gasteiger partial charge is 0.487 e. The van der Waals surface area contributed by atoms with Crippen LogP contribution in [0.4, 0.5) is 46.0 Å². The molecule has 0 aliphatic rings. The zero-order valence-corrected chi connectivity index (χ0v) is 97.0. The zero-order chi connectivity index (χ0) is 108. The molecule has 27 nitrogen and oxygen atoms in total. The van der Waals surface area contributed by atoms with Crippen molar-refractivity contribution >= 4 is 276 Å². The standard InChI is InChI=1S/C21H20Br2F3NO4.C21H22Br2N2O5.C21H23Br2NO4.C20H20Br2ClNO4.C19H17Br2ClFNO4/c1-11(2)20(30)27-15-6-13(5-14(9-15)21(24,25)26)10-31-19-16(22)7-12(8-17(19)23)3-4-18(28)29;1-11(2)20(28)25-15-5-12(3)4-13(6-15)10-30-19-16(22)7-14(8-17(19)23)21(29)24-9-18(26)27;1-12(2)21(27)24-16-7-13(3)6-15(8-16)11-28-20-17(22)9-14(10-18(20)23)4-5-19(25)26;1-11(2)20(27)24-15-6-13(5-14(23)9-15)10-28-19-16(21)7-12(8-17(19)22)3-4-18(25)26;1-2-16(25)24-15-8-12(22)7-11(18(15)23)9-28-19-13(20)5-10(6-14(19)21)3-4-17(26)27/h5-9,11H,3-4,10H2,1-2H3,(H,27,30)(H,28,29);4-8,11H,9-10H2,1-3H3,(H,24,29)(H,25,28)(H,26,27);6-10,12H,4-5,11H2,1-3H3,(H,24,27)(H,25,26);5-9,11H,3-4,10H2,1-2H3,(H,24,27)(H,25,26);5-8H,2-4,9H2,1H3,(H,24,25)(H,26,27). The highest BCUT2D eigenvalue weighted by atomic mass is 79.9. The maximum absolute atomic E-state index is 14.7. The van der Waals surface area contributed by atoms with E-state index in [1.807, 2.05) is 122 Å². The summed E-state index contributed by atoms with van der Waals surface area (Å²) in [6, 6.07) is 40.3. The number of hydrogen-bond donors (Lipinski definition) is 11. The molecule has 0 aliphatic heterocycles. The number of alkyl halides is 3. The Morgan fingerprint density at radius 2 is 0.614 bits per heavy atom. The number of anilines is 5. The number of amides is 6. The molecule has 145 heavy (non-hydrogen) atoms. The first-order valence-corrected chi connectivity index (χ1v) is 52.8. The minimum absolute atomic E-state index is 0.0000926. The first-order valence-electron chi connectivity index (χ1n) is 44.1. The Bertz CT molecular complexity index is 6120. The molecule has 0 saturated heterocycles. The van der Waals surface area contributed by atoms with Crippen molar-refractivity contribution in [2.45, 2.75) is 173 Å². The van der Waals surface area contributed by atoms with Crippen molar-refractivity contribution in [1.82, 2.24) is 5.32 Å². The van der Waals surface area contributed by atoms with Gasteiger partial charge in [-0.1, -0.05) is 97.6 Å². The third-order valence-electron chi connectivity index (χ3n) is 19.7. The minimum atomic E-state index is -4.58. The van der Waals surface area contributed by atoms with Gasteiger partial charge in [-0.05, 0) is 388 Å². The summed E-state index contributed by atoms with van der Waals surface area (Å²) in [5, 5.41) is 60.6. The van der Waals surface area contributed by atoms with Gasteiger partial charge in [-0.2, -0.15) is 13.2 Å². The summed E-state index contributed by atoms with van der Waals surface area (Å²) in [6.07, 6.45) is -2.68. The Labute approximate surface area is 929 Å². The van der Waals surface area contributed by atoms with E-state index in [2.05, 4.69) is 191 Å². The van der Waals surface area contributed by atoms with Crippen molar-refractivity contribution < 1.29 is 120 Å². The Morgan fingerprint density at radius 3 is 0.903 bits per heavy atom. The second kappa shape index (κ2) is 60.2. The normalized spacial score (nSPS) is 10.9. The number of benzene rings is 10. The average molecular weight is 2690 g/mol. The summed E-state index contributed by atoms with van der Waals surface area (Å²) in [7, 11) is 0. The molecule has 0 saturated carbocycles. The van der Waals surface area contributed by atoms with E-state index in [-0.39, 0.29) is 139 Å². The molecule has 10 aromatic rings. The predicted molar refractivity (Wildman–Crippen MR) is 584 cm³/mol. The van der Waals surface area contributed by atoms with Crippen LogP contribution in [0.5, 0.6) is 28.7 Å². The Hall–Kier alpha value is -9.53. The molecule has 6 amide bonds. The van der Waals surface area contributed by atoms with Crippen molar-refractivity contribution in [3.63, 3.8) is 0 Å². The van der Waals surface area contributed by atoms with Gasteiger partial charge in [0.1, 0.15) is 68.3 Å². The van der Waals surface area contributed by atoms with Crippen LogP contribution in [-0.2, 0) is 113 Å². The van der Waals surface area contributed by atoms with Crippen molar-refractivity contribution in [2.75, 3.05) is 33.1 Å². The summed E-state index contributed by atoms with van der Waals surface area (Å²) in [6.45, 7) is 19.9. The van der Waals surface area contributed by atoms with Gasteiger partial charge in [0.25, 0.3) is 5.91 Å². The molecule has 0 bridgehead atoms. The molecule has 778 valence electrons. The van der Waals surface area contributed by atoms with E-state index in [0.717, 1.165) is 85.8 Å². The highest BCUT2D eigenvalue weighted by molar-refractivity contribution is 9.12. The Morgan fingerprint density at radius 1 is 0.338 bits per heavy atom. The number of aryl methyl sites for hydroxylation is 6. The fourth-order valence-corrected chi connectivity index (χ4v) is 20.5. The molecule has 0 radical (unpaired) electrons. The summed E-state index contributed by atoms with van der Waals surface area (Å²) in [5.74, 6) is -4.78. The number of hydrogen-bond acceptors (Lipinski definition) is 16. The SMILES string of the molecule is CC(C)C(=O)Nc1cc(COc2c(Br)cc(CCC(=O)O)cc2Br)cc(C(F)(F)F)c1.CC(C)C(=O)Nc1cc(Cl)cc(COc2c(Br)cc(CCC(=O)O)cc2Br)c1.CCC(=O)Nc1cc(Cl)cc(COc2c(Br)cc(CCC(=O)O)cc2Br)c1F.Cc1cc(COc2c(Br)cc(C(=O)NCC(=O)O)cc2Br)cc(NC(=O)C(C)C)c1.Cc1cc(COc2c(Br)cc(CCC(=O)O)cc2Br)cc(NC(=O)C(C)C)c1. The van der Waals surface area contributed by atoms with Gasteiger partial charge in [-0.25, -0.2) is 4.39 Å². The number of carboxylic acid groups (broad SMARTS) is 5. The number of aliphatic carboxylic acids is 5. The molecule has 10 rings (SSSR count). The van der Waals surface area contributed by atoms with Gasteiger partial charge in [0.05, 0.1) is 56.0 Å². The van der Waals surface area contributed by atoms with Crippen LogP contribution >= 0.6 is 183 Å². The minimum Gasteiger partial charge on any atom is -0.487 e. The van der Waals surface area contributed by atoms with E-state index in [1.54, 1.807) is 69.3 Å². The highest BCUT2D eigenvalue weighted by Gasteiger charge is 2.32. The van der Waals surface area contributed by atoms with Crippen molar-refractivity contribution in [2.24, 2.45) is 23.7 Å². The molecule has 43 heteroatoms. The van der Waals surface area contributed by atoms with Gasteiger partial charge in [0.2, 0.25) is 29.5 Å². The third kappa shape index (κ3) is 43.7. The van der Waals surface area contributed by atoms with E-state index in [0.29, 0.717) is 104 Å². The number of ether oxygens (including phenoxy) is 5. The van der Waals surface area contributed by atoms with Crippen LogP contribution in [0.25, 0.3) is 0 Å². The van der Waals surface area contributed by atoms with Crippen LogP contribution in [0.2, 0.25) is 10.0 Å². The average Bonchev–Trinajstić information content (AvgIpc) is 0.818. The number of carbonyl (C=O) groups excluding carboxylic acids is 6. The van der Waals surface area contributed by atoms with Crippen LogP contribution in [-0.4, -0.2) is 97.4 Å². The molecule has 0 fully saturated rings. The molecule has 0 aliphatic carbocycles. The highest BCUT2D eigenvalue weighted by Crippen LogP contribution is 2.43. The summed E-state index contributed by atoms with van der Waals surface area (Å²) < 4.78 is 90.1. The number of carbonyl (C=O) groups is 11. The molecule has 0 spiro atoms. The lowest BCUT2D eigenvalue weighted by molar-refractivity contribution is -0.138. The second-order valence-electron chi connectivity index (χ2n) is 33.5. The lowest BCUT2D eigenvalue weighted by Crippen LogP contribution is -2.29. The van der Waals surface area contributed by atoms with Gasteiger partial charge < -0.3 is 81.1 Å². The second-order valence-corrected chi connectivity index (χ2v) is 42.9. The van der Waals surface area contributed by atoms with Crippen LogP contribution in [0.15, 0.2) is 190 Å². The molecular formula is C102H102Br10Cl2F4N6O21. The first kappa shape index (κ1) is 124. The molecule has 0 aromatic heterocycles. The van der Waals surface area contributed by atoms with Gasteiger partial charge in [0.15, 0.2) is 5.82 Å². The quantitative estimate of drug-likeness (QED) is 0.0159. The van der Waals surface area contributed by atoms with E-state index in [4.69, 9.17) is 72.4 Å². The third-order valence-corrected chi connectivity index (χ3v) is 26.1. The smallest absolute Gasteiger partial charge is 0.416 e. The number of carboxylic acids is 5. The molecular weight excluding hydrogens is 2590 g/mol. The van der Waals surface area contributed by atoms with Gasteiger partial charge in [0, 0.05) is 99.7 Å². The fraction of sp³-hybridized carbons (Fsp3) is 0.304. The van der Waals surface area contributed by atoms with Crippen LogP contribution in [0.3, 0.4) is 0 Å². The Kier molecular flexibility index (Phi) is 51.5. The van der Waals surface area contributed by atoms with Gasteiger partial charge in [-0.15, -0.1) is 0 Å². The van der Waals surface area contributed by atoms with Crippen LogP contribution < -0.4 is 55.6 Å². The molecule has 0 heterocycles. The van der Waals surface area contributed by atoms with Gasteiger partial charge in [-0.3, -0.25) is 52.7 Å². The maximum atomic E-state index is 14.7. The predicted octanol–water partition coefficient (Wildman–Crippen LogP) is 28.6. The van der Waals surface area contributed by atoms with E-state index in [1.165, 1.54) is 18.2 Å². The summed E-state index contributed by atoms with van der Waals surface area (Å²) in [5.41, 5.74) is 9.90. The summed E-state index contributed by atoms with van der Waals surface area (Å²) >= 11 is 46.4. The summed E-state index contributed by atoms with van der Waals surface area (Å²) in [4.78, 5) is 125. The molecule has 10 aromatic carbocycles. The molecule has 0 unspecified atom stereocenters. The van der Waals surface area contributed by atoms with E-state index < -0.39 is 65.8 Å². The van der Waals surface area contributed by atoms with Crippen LogP contribution in [0.1, 0.15) is 172 Å². The first-order chi connectivity index (χ1) is 67.9. The van der Waals surface area contributed by atoms with Crippen LogP contribution in [0, 0.1) is 43.3 Å². The lowest BCUT2D eigenvalue weighted by atomic mass is 10.1. The zero-order valence-electron chi connectivity index (χ0n) is 79.6. The lowest BCUT2D eigenvalue weighted by Gasteiger charge is -2.16. The Balaban J connectivity index is 0.000000277. The van der Waals surface area contributed by atoms with E-state index in [9.17, 15) is 70.3 Å². The van der Waals surface area contributed by atoms with Crippen molar-refractivity contribution in [3.8, 4) is 28.7 Å². The number of nitrogens with one attached hydrogen (secondary N) is 6. The van der Waals surface area contributed by atoms with E-state index >= 15 is 0 Å². The number of halogens is 16. The van der Waals surface area contributed by atoms with Crippen molar-refractivity contribution in [1.29, 1.82) is 0 Å². The molecule has 0 atom stereocenters. The topological polar surface area (TPSA) is 407 Å². The van der Waals surface area contributed by atoms with Gasteiger partial charge >= 0.3 is 36.0 Å². The number of rotatable bonds is 40. The van der Waals surface area contributed by atoms with Crippen molar-refractivity contribution in [3.05, 3.63) is 279 Å². The fourth-order valence-electron chi connectivity index (χ4n) is 12.5. The monoisotopic (exact) mass is 2680 g/mol. The maximum Gasteiger partial charge on any atom is 0.416 e.